The maximum Gasteiger partial charge on any atom is 0.238 e. The molecular weight excluding hydrogens is 310 g/mol. The number of hydrogen-bond donors (Lipinski definition) is 0. The van der Waals surface area contributed by atoms with Crippen molar-refractivity contribution in [2.45, 2.75) is 32.1 Å². The molecule has 3 heteroatoms. The molecule has 2 amide bonds. The quantitative estimate of drug-likeness (QED) is 0.583. The van der Waals surface area contributed by atoms with Crippen LogP contribution in [-0.2, 0) is 9.59 Å². The number of anilines is 1. The molecule has 5 aliphatic carbocycles. The molecular formula is C22H21NO2. The highest BCUT2D eigenvalue weighted by Crippen LogP contribution is 2.79. The summed E-state index contributed by atoms with van der Waals surface area (Å²) < 4.78 is 0. The van der Waals surface area contributed by atoms with Gasteiger partial charge < -0.3 is 0 Å². The van der Waals surface area contributed by atoms with Crippen molar-refractivity contribution in [2.75, 3.05) is 4.90 Å². The average molecular weight is 331 g/mol. The summed E-state index contributed by atoms with van der Waals surface area (Å²) in [6.07, 6.45) is 6.55. The van der Waals surface area contributed by atoms with Gasteiger partial charge >= 0.3 is 0 Å². The number of para-hydroxylation sites is 1. The minimum atomic E-state index is -0.0633. The van der Waals surface area contributed by atoms with Crippen LogP contribution in [0.5, 0.6) is 0 Å². The Morgan fingerprint density at radius 1 is 0.840 bits per heavy atom. The Morgan fingerprint density at radius 3 is 1.92 bits per heavy atom. The van der Waals surface area contributed by atoms with Crippen molar-refractivity contribution in [3.05, 3.63) is 41.5 Å². The summed E-state index contributed by atoms with van der Waals surface area (Å²) >= 11 is 0. The summed E-state index contributed by atoms with van der Waals surface area (Å²) in [7, 11) is 0. The standard InChI is InChI=1S/C22H21NO2/c24-20-18-12-10-13(17-15-7-6-14(16(12)17)22(15)8-9-22)19(18)21(25)23(20)11-4-2-1-3-5-11/h1-5,12-15,18-19H,6-10H2. The number of carbonyl (C=O) groups is 2. The van der Waals surface area contributed by atoms with Gasteiger partial charge in [-0.1, -0.05) is 29.3 Å². The van der Waals surface area contributed by atoms with Gasteiger partial charge in [0.05, 0.1) is 17.5 Å². The van der Waals surface area contributed by atoms with Crippen molar-refractivity contribution in [3.63, 3.8) is 0 Å². The predicted octanol–water partition coefficient (Wildman–Crippen LogP) is 3.56. The molecule has 3 nitrogen and oxygen atoms in total. The first kappa shape index (κ1) is 13.3. The summed E-state index contributed by atoms with van der Waals surface area (Å²) in [6.45, 7) is 0. The van der Waals surface area contributed by atoms with Gasteiger partial charge in [-0.3, -0.25) is 14.5 Å². The van der Waals surface area contributed by atoms with Crippen LogP contribution < -0.4 is 4.90 Å². The smallest absolute Gasteiger partial charge is 0.238 e. The van der Waals surface area contributed by atoms with Crippen LogP contribution in [0.2, 0.25) is 0 Å². The summed E-state index contributed by atoms with van der Waals surface area (Å²) in [5, 5.41) is 0. The molecule has 1 heterocycles. The van der Waals surface area contributed by atoms with Gasteiger partial charge in [-0.2, -0.15) is 0 Å². The highest BCUT2D eigenvalue weighted by molar-refractivity contribution is 6.23. The Kier molecular flexibility index (Phi) is 2.09. The van der Waals surface area contributed by atoms with Crippen LogP contribution in [0.4, 0.5) is 5.69 Å². The lowest BCUT2D eigenvalue weighted by Gasteiger charge is -2.29. The second-order valence-electron chi connectivity index (χ2n) is 9.17. The van der Waals surface area contributed by atoms with Gasteiger partial charge in [-0.25, -0.2) is 0 Å². The second-order valence-corrected chi connectivity index (χ2v) is 9.17. The predicted molar refractivity (Wildman–Crippen MR) is 92.4 cm³/mol. The van der Waals surface area contributed by atoms with Crippen molar-refractivity contribution >= 4 is 17.5 Å². The van der Waals surface area contributed by atoms with Crippen LogP contribution in [0, 0.1) is 40.9 Å². The van der Waals surface area contributed by atoms with Gasteiger partial charge in [-0.05, 0) is 73.3 Å². The Hall–Kier alpha value is -1.90. The van der Waals surface area contributed by atoms with E-state index in [0.29, 0.717) is 17.3 Å². The van der Waals surface area contributed by atoms with E-state index in [1.165, 1.54) is 30.6 Å². The third kappa shape index (κ3) is 1.26. The van der Waals surface area contributed by atoms with Crippen LogP contribution in [0.1, 0.15) is 32.1 Å². The minimum Gasteiger partial charge on any atom is -0.274 e. The van der Waals surface area contributed by atoms with Crippen molar-refractivity contribution in [2.24, 2.45) is 40.9 Å². The molecule has 1 spiro atoms. The number of nitrogens with zero attached hydrogens (tertiary/aromatic N) is 1. The van der Waals surface area contributed by atoms with Crippen molar-refractivity contribution in [1.29, 1.82) is 0 Å². The van der Waals surface area contributed by atoms with Crippen molar-refractivity contribution < 1.29 is 9.59 Å². The Morgan fingerprint density at radius 2 is 1.40 bits per heavy atom. The first-order chi connectivity index (χ1) is 12.2. The van der Waals surface area contributed by atoms with Gasteiger partial charge in [0.2, 0.25) is 11.8 Å². The number of imide groups is 1. The zero-order chi connectivity index (χ0) is 16.5. The summed E-state index contributed by atoms with van der Waals surface area (Å²) in [4.78, 5) is 28.0. The lowest BCUT2D eigenvalue weighted by molar-refractivity contribution is -0.123. The molecule has 1 aromatic carbocycles. The molecule has 25 heavy (non-hydrogen) atoms. The van der Waals surface area contributed by atoms with Crippen LogP contribution in [-0.4, -0.2) is 11.8 Å². The molecule has 1 aromatic rings. The van der Waals surface area contributed by atoms with Crippen LogP contribution in [0.3, 0.4) is 0 Å². The number of carbonyl (C=O) groups excluding carboxylic acids is 2. The van der Waals surface area contributed by atoms with E-state index in [4.69, 9.17) is 0 Å². The van der Waals surface area contributed by atoms with Gasteiger partial charge in [0.25, 0.3) is 0 Å². The number of amides is 2. The molecule has 4 fully saturated rings. The molecule has 1 saturated heterocycles. The van der Waals surface area contributed by atoms with Crippen LogP contribution >= 0.6 is 0 Å². The topological polar surface area (TPSA) is 37.4 Å². The Bertz CT molecular complexity index is 833. The first-order valence-corrected chi connectivity index (χ1v) is 9.89. The number of fused-ring (bicyclic) bond motifs is 9. The lowest BCUT2D eigenvalue weighted by Crippen LogP contribution is -2.33. The molecule has 3 saturated carbocycles. The van der Waals surface area contributed by atoms with E-state index in [2.05, 4.69) is 0 Å². The van der Waals surface area contributed by atoms with E-state index in [0.717, 1.165) is 23.9 Å². The third-order valence-corrected chi connectivity index (χ3v) is 8.63. The summed E-state index contributed by atoms with van der Waals surface area (Å²) in [5.74, 6) is 2.30. The molecule has 126 valence electrons. The van der Waals surface area contributed by atoms with E-state index >= 15 is 0 Å². The molecule has 0 radical (unpaired) electrons. The fraction of sp³-hybridized carbons (Fsp3) is 0.545. The van der Waals surface area contributed by atoms with E-state index in [1.807, 2.05) is 30.3 Å². The Labute approximate surface area is 147 Å². The van der Waals surface area contributed by atoms with E-state index in [1.54, 1.807) is 11.1 Å². The molecule has 0 N–H and O–H groups in total. The molecule has 6 aliphatic rings. The number of hydrogen-bond acceptors (Lipinski definition) is 2. The maximum absolute atomic E-state index is 13.2. The zero-order valence-electron chi connectivity index (χ0n) is 14.2. The summed E-state index contributed by atoms with van der Waals surface area (Å²) in [5.41, 5.74) is 4.70. The van der Waals surface area contributed by atoms with Gasteiger partial charge in [0, 0.05) is 0 Å². The van der Waals surface area contributed by atoms with Gasteiger partial charge in [0.1, 0.15) is 0 Å². The molecule has 1 aliphatic heterocycles. The average Bonchev–Trinajstić information content (AvgIpc) is 2.88. The third-order valence-electron chi connectivity index (χ3n) is 8.63. The van der Waals surface area contributed by atoms with Crippen molar-refractivity contribution in [3.8, 4) is 0 Å². The lowest BCUT2D eigenvalue weighted by atomic mass is 9.72. The molecule has 7 rings (SSSR count). The number of rotatable bonds is 1. The van der Waals surface area contributed by atoms with Crippen LogP contribution in [0.25, 0.3) is 0 Å². The molecule has 0 aromatic heterocycles. The SMILES string of the molecule is O=C1C2C3CC(C4=C3C3CCC4C34CC4)C2C(=O)N1c1ccccc1. The molecule has 6 unspecified atom stereocenters. The molecule has 4 bridgehead atoms. The first-order valence-electron chi connectivity index (χ1n) is 9.89. The number of benzene rings is 1. The van der Waals surface area contributed by atoms with Gasteiger partial charge in [-0.15, -0.1) is 0 Å². The van der Waals surface area contributed by atoms with E-state index < -0.39 is 0 Å². The summed E-state index contributed by atoms with van der Waals surface area (Å²) in [6, 6.07) is 9.54. The van der Waals surface area contributed by atoms with Crippen molar-refractivity contribution in [1.82, 2.24) is 0 Å². The Balaban J connectivity index is 1.33. The fourth-order valence-electron chi connectivity index (χ4n) is 7.87. The van der Waals surface area contributed by atoms with Gasteiger partial charge in [0.15, 0.2) is 0 Å². The minimum absolute atomic E-state index is 0.0633. The molecule has 6 atom stereocenters. The fourth-order valence-corrected chi connectivity index (χ4v) is 7.87. The normalized spacial score (nSPS) is 44.2. The van der Waals surface area contributed by atoms with E-state index in [-0.39, 0.29) is 23.7 Å². The largest absolute Gasteiger partial charge is 0.274 e. The number of allylic oxidation sites excluding steroid dienone is 2. The highest BCUT2D eigenvalue weighted by atomic mass is 16.2. The maximum atomic E-state index is 13.2. The second kappa shape index (κ2) is 3.92. The zero-order valence-corrected chi connectivity index (χ0v) is 14.2. The van der Waals surface area contributed by atoms with Crippen LogP contribution in [0.15, 0.2) is 41.5 Å². The highest BCUT2D eigenvalue weighted by Gasteiger charge is 2.73. The monoisotopic (exact) mass is 331 g/mol. The van der Waals surface area contributed by atoms with E-state index in [9.17, 15) is 9.59 Å².